The Hall–Kier alpha value is -3.55. The van der Waals surface area contributed by atoms with Gasteiger partial charge < -0.3 is 14.6 Å². The minimum Gasteiger partial charge on any atom is -0.483 e. The van der Waals surface area contributed by atoms with Gasteiger partial charge in [0.2, 0.25) is 5.60 Å². The van der Waals surface area contributed by atoms with Crippen LogP contribution in [0.15, 0.2) is 41.3 Å². The zero-order chi connectivity index (χ0) is 28.8. The molecule has 2 N–H and O–H groups in total. The summed E-state index contributed by atoms with van der Waals surface area (Å²) in [6.07, 6.45) is -6.09. The fraction of sp³-hybridized carbons (Fsp3) is 0.440. The van der Waals surface area contributed by atoms with E-state index in [4.69, 9.17) is 9.84 Å². The van der Waals surface area contributed by atoms with Crippen LogP contribution in [0.1, 0.15) is 51.0 Å². The van der Waals surface area contributed by atoms with Crippen LogP contribution < -0.4 is 14.4 Å². The third-order valence-corrected chi connectivity index (χ3v) is 8.17. The highest BCUT2D eigenvalue weighted by Crippen LogP contribution is 2.44. The number of hydrogen-bond donors (Lipinski definition) is 2. The van der Waals surface area contributed by atoms with Crippen molar-refractivity contribution in [1.29, 1.82) is 0 Å². The van der Waals surface area contributed by atoms with Gasteiger partial charge >= 0.3 is 18.2 Å². The number of rotatable bonds is 8. The predicted molar refractivity (Wildman–Crippen MR) is 131 cm³/mol. The molecule has 0 unspecified atom stereocenters. The van der Waals surface area contributed by atoms with E-state index >= 15 is 4.39 Å². The number of alkyl halides is 3. The molecule has 1 aliphatic heterocycles. The summed E-state index contributed by atoms with van der Waals surface area (Å²) in [7, 11) is -4.34. The average molecular weight is 575 g/mol. The van der Waals surface area contributed by atoms with Gasteiger partial charge in [0.25, 0.3) is 10.0 Å². The average Bonchev–Trinajstić information content (AvgIpc) is 3.67. The Balaban J connectivity index is 1.70. The molecule has 212 valence electrons. The molecular formula is C25H26F4N2O7S. The molecule has 1 amide bonds. The summed E-state index contributed by atoms with van der Waals surface area (Å²) in [5.41, 5.74) is -2.73. The van der Waals surface area contributed by atoms with E-state index in [9.17, 15) is 31.2 Å². The van der Waals surface area contributed by atoms with Crippen LogP contribution in [0.25, 0.3) is 0 Å². The van der Waals surface area contributed by atoms with Gasteiger partial charge in [-0.3, -0.25) is 14.4 Å². The maximum Gasteiger partial charge on any atom is 0.427 e. The molecule has 0 spiro atoms. The highest BCUT2D eigenvalue weighted by atomic mass is 32.2. The normalized spacial score (nSPS) is 17.7. The number of amides is 1. The SMILES string of the molecule is CC(C)(OC(=O)Nc1cc(F)c2c(c1)N(S(=O)(=O)c1cccc(C3CC3)c1)C[C@H](CCC(=O)O)O2)C(F)(F)F. The first-order chi connectivity index (χ1) is 18.1. The number of fused-ring (bicyclic) bond motifs is 1. The first-order valence-corrected chi connectivity index (χ1v) is 13.4. The lowest BCUT2D eigenvalue weighted by Gasteiger charge is -2.36. The minimum absolute atomic E-state index is 0.0816. The van der Waals surface area contributed by atoms with E-state index in [0.29, 0.717) is 13.8 Å². The van der Waals surface area contributed by atoms with Crippen LogP contribution in [0.5, 0.6) is 5.75 Å². The van der Waals surface area contributed by atoms with E-state index in [1.807, 2.05) is 5.32 Å². The summed E-state index contributed by atoms with van der Waals surface area (Å²) in [6.45, 7) is 0.898. The predicted octanol–water partition coefficient (Wildman–Crippen LogP) is 5.41. The number of halogens is 4. The molecule has 0 aromatic heterocycles. The molecule has 4 rings (SSSR count). The molecule has 9 nitrogen and oxygen atoms in total. The van der Waals surface area contributed by atoms with Crippen LogP contribution in [0.4, 0.5) is 33.7 Å². The highest BCUT2D eigenvalue weighted by Gasteiger charge is 2.51. The summed E-state index contributed by atoms with van der Waals surface area (Å²) in [5.74, 6) is -2.55. The monoisotopic (exact) mass is 574 g/mol. The van der Waals surface area contributed by atoms with Gasteiger partial charge in [0.15, 0.2) is 11.6 Å². The molecule has 39 heavy (non-hydrogen) atoms. The molecule has 0 saturated heterocycles. The number of carboxylic acids is 1. The van der Waals surface area contributed by atoms with Gasteiger partial charge in [-0.2, -0.15) is 13.2 Å². The summed E-state index contributed by atoms with van der Waals surface area (Å²) >= 11 is 0. The number of carbonyl (C=O) groups excluding carboxylic acids is 1. The van der Waals surface area contributed by atoms with Gasteiger partial charge in [-0.05, 0) is 62.8 Å². The van der Waals surface area contributed by atoms with Crippen molar-refractivity contribution in [2.45, 2.75) is 68.2 Å². The summed E-state index contributed by atoms with van der Waals surface area (Å²) < 4.78 is 92.9. The molecule has 0 bridgehead atoms. The molecule has 1 aliphatic carbocycles. The van der Waals surface area contributed by atoms with E-state index < -0.39 is 51.5 Å². The van der Waals surface area contributed by atoms with E-state index in [1.165, 1.54) is 12.1 Å². The van der Waals surface area contributed by atoms with Crippen LogP contribution in [-0.2, 0) is 19.6 Å². The van der Waals surface area contributed by atoms with Crippen molar-refractivity contribution >= 4 is 33.5 Å². The second kappa shape index (κ2) is 10.2. The van der Waals surface area contributed by atoms with Crippen molar-refractivity contribution in [2.75, 3.05) is 16.2 Å². The fourth-order valence-electron chi connectivity index (χ4n) is 4.01. The highest BCUT2D eigenvalue weighted by molar-refractivity contribution is 7.92. The van der Waals surface area contributed by atoms with E-state index in [2.05, 4.69) is 4.74 Å². The van der Waals surface area contributed by atoms with Crippen molar-refractivity contribution in [3.63, 3.8) is 0 Å². The lowest BCUT2D eigenvalue weighted by atomic mass is 10.1. The number of carboxylic acid groups (broad SMARTS) is 1. The van der Waals surface area contributed by atoms with Crippen LogP contribution in [0.3, 0.4) is 0 Å². The van der Waals surface area contributed by atoms with Crippen molar-refractivity contribution in [2.24, 2.45) is 0 Å². The van der Waals surface area contributed by atoms with E-state index in [1.54, 1.807) is 12.1 Å². The maximum absolute atomic E-state index is 15.2. The van der Waals surface area contributed by atoms with Gasteiger partial charge in [0.1, 0.15) is 6.10 Å². The molecule has 2 aromatic carbocycles. The lowest BCUT2D eigenvalue weighted by Crippen LogP contribution is -2.44. The third kappa shape index (κ3) is 6.21. The molecule has 1 atom stereocenters. The van der Waals surface area contributed by atoms with Crippen molar-refractivity contribution in [3.8, 4) is 5.75 Å². The van der Waals surface area contributed by atoms with Crippen molar-refractivity contribution in [3.05, 3.63) is 47.8 Å². The Labute approximate surface area is 221 Å². The number of nitrogens with zero attached hydrogens (tertiary/aromatic N) is 1. The zero-order valence-electron chi connectivity index (χ0n) is 20.9. The second-order valence-corrected chi connectivity index (χ2v) is 11.7. The Morgan fingerprint density at radius 2 is 1.87 bits per heavy atom. The standard InChI is InChI=1S/C25H26F4N2O7S/c1-24(2,25(27,28)29)38-23(34)30-16-11-19(26)22-20(12-16)31(13-17(37-22)8-9-21(32)33)39(35,36)18-5-3-4-15(10-18)14-6-7-14/h3-5,10-12,14,17H,6-9,13H2,1-2H3,(H,30,34)(H,32,33)/t17-/m0/s1. The Bertz CT molecular complexity index is 1390. The number of sulfonamides is 1. The van der Waals surface area contributed by atoms with Crippen molar-refractivity contribution in [1.82, 2.24) is 0 Å². The smallest absolute Gasteiger partial charge is 0.427 e. The number of nitrogens with one attached hydrogen (secondary N) is 1. The largest absolute Gasteiger partial charge is 0.483 e. The topological polar surface area (TPSA) is 122 Å². The quantitative estimate of drug-likeness (QED) is 0.404. The molecule has 2 aromatic rings. The molecule has 14 heteroatoms. The minimum atomic E-state index is -4.88. The first-order valence-electron chi connectivity index (χ1n) is 12.0. The van der Waals surface area contributed by atoms with E-state index in [-0.39, 0.29) is 41.6 Å². The summed E-state index contributed by atoms with van der Waals surface area (Å²) in [4.78, 5) is 23.2. The maximum atomic E-state index is 15.2. The Kier molecular flexibility index (Phi) is 7.45. The number of carbonyl (C=O) groups is 2. The number of aliphatic carboxylic acids is 1. The number of ether oxygens (including phenoxy) is 2. The van der Waals surface area contributed by atoms with Crippen molar-refractivity contribution < 1.29 is 50.1 Å². The molecule has 0 radical (unpaired) electrons. The van der Waals surface area contributed by atoms with Crippen LogP contribution >= 0.6 is 0 Å². The van der Waals surface area contributed by atoms with Crippen LogP contribution in [-0.4, -0.2) is 50.0 Å². The fourth-order valence-corrected chi connectivity index (χ4v) is 5.56. The van der Waals surface area contributed by atoms with Crippen LogP contribution in [0, 0.1) is 5.82 Å². The van der Waals surface area contributed by atoms with Gasteiger partial charge in [-0.15, -0.1) is 0 Å². The van der Waals surface area contributed by atoms with Gasteiger partial charge in [0.05, 0.1) is 17.1 Å². The molecule has 2 aliphatic rings. The molecular weight excluding hydrogens is 548 g/mol. The number of hydrogen-bond acceptors (Lipinski definition) is 6. The second-order valence-electron chi connectivity index (χ2n) is 9.88. The zero-order valence-corrected chi connectivity index (χ0v) is 21.7. The third-order valence-electron chi connectivity index (χ3n) is 6.40. The number of benzene rings is 2. The van der Waals surface area contributed by atoms with Gasteiger partial charge in [0, 0.05) is 18.2 Å². The molecule has 1 saturated carbocycles. The first kappa shape index (κ1) is 28.5. The molecule has 1 heterocycles. The Morgan fingerprint density at radius 3 is 2.49 bits per heavy atom. The van der Waals surface area contributed by atoms with Crippen LogP contribution in [0.2, 0.25) is 0 Å². The summed E-state index contributed by atoms with van der Waals surface area (Å²) in [5, 5.41) is 11.1. The van der Waals surface area contributed by atoms with Gasteiger partial charge in [-0.25, -0.2) is 17.6 Å². The number of anilines is 2. The molecule has 1 fully saturated rings. The Morgan fingerprint density at radius 1 is 1.18 bits per heavy atom. The summed E-state index contributed by atoms with van der Waals surface area (Å²) in [6, 6.07) is 8.05. The lowest BCUT2D eigenvalue weighted by molar-refractivity contribution is -0.242. The van der Waals surface area contributed by atoms with E-state index in [0.717, 1.165) is 34.8 Å². The van der Waals surface area contributed by atoms with Gasteiger partial charge in [-0.1, -0.05) is 12.1 Å².